The van der Waals surface area contributed by atoms with Gasteiger partial charge in [0.15, 0.2) is 0 Å². The highest BCUT2D eigenvalue weighted by Gasteiger charge is 2.50. The number of carbonyl (C=O) groups is 1. The molecule has 1 saturated heterocycles. The third kappa shape index (κ3) is 2.54. The maximum atomic E-state index is 12.4. The molecule has 1 aromatic rings. The number of aromatic nitrogens is 2. The van der Waals surface area contributed by atoms with Crippen molar-refractivity contribution in [2.24, 2.45) is 10.8 Å². The van der Waals surface area contributed by atoms with E-state index in [1.54, 1.807) is 0 Å². The lowest BCUT2D eigenvalue weighted by Gasteiger charge is -2.39. The molecule has 3 fully saturated rings. The number of anilines is 1. The molecule has 5 nitrogen and oxygen atoms in total. The fourth-order valence-electron chi connectivity index (χ4n) is 5.76. The number of hydrogen-bond donors (Lipinski definition) is 1. The lowest BCUT2D eigenvalue weighted by molar-refractivity contribution is 0.0939. The van der Waals surface area contributed by atoms with Gasteiger partial charge in [-0.2, -0.15) is 0 Å². The summed E-state index contributed by atoms with van der Waals surface area (Å²) < 4.78 is 0. The van der Waals surface area contributed by atoms with Gasteiger partial charge in [-0.3, -0.25) is 4.79 Å². The van der Waals surface area contributed by atoms with Crippen LogP contribution in [0, 0.1) is 10.8 Å². The van der Waals surface area contributed by atoms with Crippen LogP contribution in [0.15, 0.2) is 0 Å². The van der Waals surface area contributed by atoms with Crippen LogP contribution in [0.25, 0.3) is 0 Å². The highest BCUT2D eigenvalue weighted by Crippen LogP contribution is 2.54. The average Bonchev–Trinajstić information content (AvgIpc) is 3.32. The van der Waals surface area contributed by atoms with E-state index in [2.05, 4.69) is 36.0 Å². The van der Waals surface area contributed by atoms with Gasteiger partial charge in [0.1, 0.15) is 17.3 Å². The maximum Gasteiger partial charge on any atom is 0.270 e. The van der Waals surface area contributed by atoms with Crippen molar-refractivity contribution in [3.63, 3.8) is 0 Å². The Balaban J connectivity index is 1.61. The number of amides is 1. The van der Waals surface area contributed by atoms with Crippen molar-refractivity contribution in [2.45, 2.75) is 71.3 Å². The maximum absolute atomic E-state index is 12.4. The van der Waals surface area contributed by atoms with Crippen molar-refractivity contribution in [1.29, 1.82) is 0 Å². The number of nitrogens with one attached hydrogen (secondary N) is 1. The summed E-state index contributed by atoms with van der Waals surface area (Å²) in [4.78, 5) is 24.7. The van der Waals surface area contributed by atoms with E-state index in [1.807, 2.05) is 0 Å². The van der Waals surface area contributed by atoms with Crippen LogP contribution >= 0.6 is 0 Å². The molecule has 25 heavy (non-hydrogen) atoms. The molecular weight excluding hydrogens is 312 g/mol. The van der Waals surface area contributed by atoms with Crippen LogP contribution in [0.4, 0.5) is 5.82 Å². The molecule has 2 saturated carbocycles. The van der Waals surface area contributed by atoms with Crippen LogP contribution < -0.4 is 10.2 Å². The predicted molar refractivity (Wildman–Crippen MR) is 96.9 cm³/mol. The fraction of sp³-hybridized carbons (Fsp3) is 0.750. The third-order valence-electron chi connectivity index (χ3n) is 6.51. The smallest absolute Gasteiger partial charge is 0.270 e. The molecule has 1 amide bonds. The Morgan fingerprint density at radius 3 is 2.72 bits per heavy atom. The van der Waals surface area contributed by atoms with Gasteiger partial charge in [0, 0.05) is 30.6 Å². The highest BCUT2D eigenvalue weighted by molar-refractivity contribution is 5.96. The molecule has 2 aliphatic heterocycles. The van der Waals surface area contributed by atoms with Crippen molar-refractivity contribution in [3.8, 4) is 0 Å². The summed E-state index contributed by atoms with van der Waals surface area (Å²) in [6.07, 6.45) is 6.91. The summed E-state index contributed by atoms with van der Waals surface area (Å²) in [5.41, 5.74) is 2.48. The first-order chi connectivity index (χ1) is 11.8. The minimum absolute atomic E-state index is 0.0134. The zero-order valence-corrected chi connectivity index (χ0v) is 15.6. The van der Waals surface area contributed by atoms with E-state index in [0.29, 0.717) is 35.0 Å². The fourth-order valence-corrected chi connectivity index (χ4v) is 5.76. The number of rotatable bonds is 2. The molecule has 2 atom stereocenters. The number of nitrogens with zero attached hydrogens (tertiary/aromatic N) is 3. The Labute approximate surface area is 149 Å². The van der Waals surface area contributed by atoms with E-state index < -0.39 is 0 Å². The number of fused-ring (bicyclic) bond motifs is 3. The van der Waals surface area contributed by atoms with E-state index in [-0.39, 0.29) is 5.91 Å². The van der Waals surface area contributed by atoms with Crippen LogP contribution in [0.1, 0.15) is 80.7 Å². The highest BCUT2D eigenvalue weighted by atomic mass is 16.1. The zero-order chi connectivity index (χ0) is 17.4. The van der Waals surface area contributed by atoms with Gasteiger partial charge in [-0.15, -0.1) is 0 Å². The Morgan fingerprint density at radius 2 is 1.96 bits per heavy atom. The lowest BCUT2D eigenvalue weighted by atomic mass is 9.65. The minimum Gasteiger partial charge on any atom is -0.353 e. The van der Waals surface area contributed by atoms with Gasteiger partial charge >= 0.3 is 0 Å². The molecule has 4 aliphatic rings. The molecular formula is C20H28N4O. The van der Waals surface area contributed by atoms with Crippen molar-refractivity contribution in [3.05, 3.63) is 17.1 Å². The van der Waals surface area contributed by atoms with E-state index in [4.69, 9.17) is 4.98 Å². The Morgan fingerprint density at radius 1 is 1.16 bits per heavy atom. The van der Waals surface area contributed by atoms with E-state index in [0.717, 1.165) is 43.0 Å². The van der Waals surface area contributed by atoms with Gasteiger partial charge in [-0.1, -0.05) is 20.8 Å². The summed E-state index contributed by atoms with van der Waals surface area (Å²) in [6, 6.07) is 0.546. The molecule has 0 unspecified atom stereocenters. The van der Waals surface area contributed by atoms with Gasteiger partial charge in [0.25, 0.3) is 5.91 Å². The molecule has 0 spiro atoms. The number of hydrogen-bond acceptors (Lipinski definition) is 4. The Kier molecular flexibility index (Phi) is 3.09. The topological polar surface area (TPSA) is 58.1 Å². The monoisotopic (exact) mass is 340 g/mol. The zero-order valence-electron chi connectivity index (χ0n) is 15.6. The molecule has 1 N–H and O–H groups in total. The van der Waals surface area contributed by atoms with Crippen LogP contribution in [-0.4, -0.2) is 35.0 Å². The van der Waals surface area contributed by atoms with Gasteiger partial charge in [0.2, 0.25) is 0 Å². The molecule has 2 aliphatic carbocycles. The van der Waals surface area contributed by atoms with Crippen LogP contribution in [0.3, 0.4) is 0 Å². The summed E-state index contributed by atoms with van der Waals surface area (Å²) in [5, 5.41) is 2.96. The second-order valence-electron chi connectivity index (χ2n) is 9.85. The Hall–Kier alpha value is -1.65. The van der Waals surface area contributed by atoms with Crippen molar-refractivity contribution in [2.75, 3.05) is 18.0 Å². The molecule has 1 aromatic heterocycles. The predicted octanol–water partition coefficient (Wildman–Crippen LogP) is 3.04. The average molecular weight is 340 g/mol. The standard InChI is InChI=1S/C20H28N4O/c1-19(2)8-13-9-20(3,10-19)11-24(13)17-14-6-7-21-18(25)15(14)22-16(23-17)12-4-5-12/h12-13H,4-11H2,1-3H3,(H,21,25)/t13-,20-/m1/s1. The molecule has 0 aromatic carbocycles. The van der Waals surface area contributed by atoms with Gasteiger partial charge < -0.3 is 10.2 Å². The van der Waals surface area contributed by atoms with E-state index >= 15 is 0 Å². The molecule has 2 bridgehead atoms. The van der Waals surface area contributed by atoms with Gasteiger partial charge in [-0.25, -0.2) is 9.97 Å². The molecule has 134 valence electrons. The van der Waals surface area contributed by atoms with Gasteiger partial charge in [0.05, 0.1) is 0 Å². The first kappa shape index (κ1) is 15.6. The van der Waals surface area contributed by atoms with E-state index in [9.17, 15) is 4.79 Å². The number of carbonyl (C=O) groups excluding carboxylic acids is 1. The SMILES string of the molecule is CC1(C)C[C@@H]2C[C@@](C)(CN2c2nc(C3CC3)nc3c2CCNC3=O)C1. The van der Waals surface area contributed by atoms with Crippen LogP contribution in [-0.2, 0) is 6.42 Å². The first-order valence-corrected chi connectivity index (χ1v) is 9.79. The largest absolute Gasteiger partial charge is 0.353 e. The van der Waals surface area contributed by atoms with E-state index in [1.165, 1.54) is 19.3 Å². The summed E-state index contributed by atoms with van der Waals surface area (Å²) in [6.45, 7) is 9.00. The minimum atomic E-state index is -0.0134. The van der Waals surface area contributed by atoms with Gasteiger partial charge in [-0.05, 0) is 49.4 Å². The molecule has 0 radical (unpaired) electrons. The van der Waals surface area contributed by atoms with Crippen molar-refractivity contribution in [1.82, 2.24) is 15.3 Å². The summed E-state index contributed by atoms with van der Waals surface area (Å²) in [7, 11) is 0. The lowest BCUT2D eigenvalue weighted by Crippen LogP contribution is -2.38. The first-order valence-electron chi connectivity index (χ1n) is 9.79. The van der Waals surface area contributed by atoms with Crippen molar-refractivity contribution < 1.29 is 4.79 Å². The summed E-state index contributed by atoms with van der Waals surface area (Å²) >= 11 is 0. The van der Waals surface area contributed by atoms with Crippen LogP contribution in [0.2, 0.25) is 0 Å². The summed E-state index contributed by atoms with van der Waals surface area (Å²) in [5.74, 6) is 2.43. The molecule has 5 rings (SSSR count). The second-order valence-corrected chi connectivity index (χ2v) is 9.85. The van der Waals surface area contributed by atoms with Crippen molar-refractivity contribution >= 4 is 11.7 Å². The quantitative estimate of drug-likeness (QED) is 0.899. The third-order valence-corrected chi connectivity index (χ3v) is 6.51. The van der Waals surface area contributed by atoms with Crippen LogP contribution in [0.5, 0.6) is 0 Å². The molecule has 5 heteroatoms. The second kappa shape index (κ2) is 4.95. The molecule has 3 heterocycles. The Bertz CT molecular complexity index is 754. The normalized spacial score (nSPS) is 33.2.